The van der Waals surface area contributed by atoms with Gasteiger partial charge in [-0.3, -0.25) is 0 Å². The summed E-state index contributed by atoms with van der Waals surface area (Å²) in [6.45, 7) is 10.8. The summed E-state index contributed by atoms with van der Waals surface area (Å²) in [6, 6.07) is 1.47. The zero-order chi connectivity index (χ0) is 11.5. The molecule has 16 heavy (non-hydrogen) atoms. The lowest BCUT2D eigenvalue weighted by Gasteiger charge is -2.21. The van der Waals surface area contributed by atoms with Crippen LogP contribution in [0.5, 0.6) is 0 Å². The summed E-state index contributed by atoms with van der Waals surface area (Å²) < 4.78 is 0. The number of nitrogens with zero attached hydrogens (tertiary/aromatic N) is 1. The molecule has 2 nitrogen and oxygen atoms in total. The second-order valence-electron chi connectivity index (χ2n) is 6.23. The van der Waals surface area contributed by atoms with Crippen molar-refractivity contribution in [2.24, 2.45) is 11.8 Å². The maximum absolute atomic E-state index is 3.73. The van der Waals surface area contributed by atoms with Gasteiger partial charge in [-0.2, -0.15) is 0 Å². The van der Waals surface area contributed by atoms with E-state index in [1.165, 1.54) is 45.3 Å². The highest BCUT2D eigenvalue weighted by molar-refractivity contribution is 4.82. The summed E-state index contributed by atoms with van der Waals surface area (Å²) in [7, 11) is 0. The second kappa shape index (κ2) is 5.50. The van der Waals surface area contributed by atoms with Crippen LogP contribution in [0.4, 0.5) is 0 Å². The highest BCUT2D eigenvalue weighted by Gasteiger charge is 2.26. The summed E-state index contributed by atoms with van der Waals surface area (Å²) in [5.74, 6) is 1.95. The lowest BCUT2D eigenvalue weighted by atomic mass is 10.1. The monoisotopic (exact) mass is 224 g/mol. The van der Waals surface area contributed by atoms with Gasteiger partial charge in [0, 0.05) is 18.6 Å². The molecular weight excluding hydrogens is 196 g/mol. The number of nitrogens with one attached hydrogen (secondary N) is 1. The topological polar surface area (TPSA) is 15.3 Å². The minimum absolute atomic E-state index is 0.730. The Morgan fingerprint density at radius 3 is 2.44 bits per heavy atom. The van der Waals surface area contributed by atoms with Gasteiger partial charge in [-0.1, -0.05) is 12.8 Å². The van der Waals surface area contributed by atoms with Crippen molar-refractivity contribution in [3.05, 3.63) is 0 Å². The molecule has 1 saturated heterocycles. The maximum Gasteiger partial charge on any atom is 0.00414 e. The van der Waals surface area contributed by atoms with E-state index in [-0.39, 0.29) is 0 Å². The molecule has 2 aliphatic rings. The van der Waals surface area contributed by atoms with Crippen molar-refractivity contribution in [2.75, 3.05) is 19.6 Å². The van der Waals surface area contributed by atoms with Gasteiger partial charge in [0.05, 0.1) is 0 Å². The van der Waals surface area contributed by atoms with E-state index in [0.717, 1.165) is 23.9 Å². The van der Waals surface area contributed by atoms with Crippen molar-refractivity contribution in [1.82, 2.24) is 10.2 Å². The third kappa shape index (κ3) is 3.74. The molecule has 0 amide bonds. The Bertz CT molecular complexity index is 211. The predicted octanol–water partition coefficient (Wildman–Crippen LogP) is 2.49. The Labute approximate surface area is 101 Å². The van der Waals surface area contributed by atoms with Crippen molar-refractivity contribution in [2.45, 2.75) is 58.5 Å². The molecule has 1 heterocycles. The van der Waals surface area contributed by atoms with Gasteiger partial charge in [-0.15, -0.1) is 0 Å². The van der Waals surface area contributed by atoms with Gasteiger partial charge in [-0.25, -0.2) is 0 Å². The van der Waals surface area contributed by atoms with E-state index in [4.69, 9.17) is 0 Å². The number of likely N-dealkylation sites (tertiary alicyclic amines) is 1. The average Bonchev–Trinajstić information content (AvgIpc) is 2.91. The van der Waals surface area contributed by atoms with Crippen LogP contribution in [0.15, 0.2) is 0 Å². The fourth-order valence-corrected chi connectivity index (χ4v) is 2.80. The lowest BCUT2D eigenvalue weighted by Crippen LogP contribution is -2.34. The van der Waals surface area contributed by atoms with Crippen LogP contribution in [0.1, 0.15) is 46.5 Å². The molecule has 0 aromatic carbocycles. The van der Waals surface area contributed by atoms with Crippen LogP contribution in [0, 0.1) is 11.8 Å². The molecular formula is C14H28N2. The Balaban J connectivity index is 1.59. The largest absolute Gasteiger partial charge is 0.314 e. The molecule has 1 aliphatic heterocycles. The van der Waals surface area contributed by atoms with Crippen molar-refractivity contribution in [3.63, 3.8) is 0 Å². The van der Waals surface area contributed by atoms with E-state index in [2.05, 4.69) is 31.0 Å². The van der Waals surface area contributed by atoms with Gasteiger partial charge in [0.25, 0.3) is 0 Å². The van der Waals surface area contributed by atoms with Gasteiger partial charge in [0.2, 0.25) is 0 Å². The summed E-state index contributed by atoms with van der Waals surface area (Å²) in [5, 5.41) is 3.73. The van der Waals surface area contributed by atoms with Crippen LogP contribution >= 0.6 is 0 Å². The fraction of sp³-hybridized carbons (Fsp3) is 1.00. The first-order chi connectivity index (χ1) is 7.65. The van der Waals surface area contributed by atoms with Crippen LogP contribution in [0.25, 0.3) is 0 Å². The zero-order valence-electron chi connectivity index (χ0n) is 11.2. The highest BCUT2D eigenvalue weighted by atomic mass is 15.2. The number of hydrogen-bond acceptors (Lipinski definition) is 2. The van der Waals surface area contributed by atoms with Crippen LogP contribution in [-0.2, 0) is 0 Å². The second-order valence-corrected chi connectivity index (χ2v) is 6.23. The van der Waals surface area contributed by atoms with E-state index < -0.39 is 0 Å². The van der Waals surface area contributed by atoms with Gasteiger partial charge in [0.1, 0.15) is 0 Å². The number of rotatable bonds is 6. The van der Waals surface area contributed by atoms with Crippen LogP contribution in [0.2, 0.25) is 0 Å². The Morgan fingerprint density at radius 1 is 1.12 bits per heavy atom. The summed E-state index contributed by atoms with van der Waals surface area (Å²) in [5.41, 5.74) is 0. The van der Waals surface area contributed by atoms with Crippen molar-refractivity contribution < 1.29 is 0 Å². The van der Waals surface area contributed by atoms with Gasteiger partial charge < -0.3 is 10.2 Å². The van der Waals surface area contributed by atoms with Crippen LogP contribution in [-0.4, -0.2) is 36.6 Å². The lowest BCUT2D eigenvalue weighted by molar-refractivity contribution is 0.262. The van der Waals surface area contributed by atoms with E-state index in [0.29, 0.717) is 0 Å². The maximum atomic E-state index is 3.73. The molecule has 0 aromatic rings. The molecule has 1 aliphatic carbocycles. The minimum Gasteiger partial charge on any atom is -0.314 e. The SMILES string of the molecule is CC(CC1CC1)NCC1CCN(C(C)C)C1. The van der Waals surface area contributed by atoms with E-state index in [9.17, 15) is 0 Å². The molecule has 2 fully saturated rings. The molecule has 1 N–H and O–H groups in total. The normalized spacial score (nSPS) is 28.9. The molecule has 2 heteroatoms. The molecule has 0 aromatic heterocycles. The molecule has 2 unspecified atom stereocenters. The third-order valence-corrected chi connectivity index (χ3v) is 4.19. The van der Waals surface area contributed by atoms with Crippen molar-refractivity contribution >= 4 is 0 Å². The summed E-state index contributed by atoms with van der Waals surface area (Å²) >= 11 is 0. The number of hydrogen-bond donors (Lipinski definition) is 1. The first-order valence-corrected chi connectivity index (χ1v) is 7.12. The third-order valence-electron chi connectivity index (χ3n) is 4.19. The first-order valence-electron chi connectivity index (χ1n) is 7.12. The fourth-order valence-electron chi connectivity index (χ4n) is 2.80. The standard InChI is InChI=1S/C14H28N2/c1-11(2)16-7-6-14(10-16)9-15-12(3)8-13-4-5-13/h11-15H,4-10H2,1-3H3. The Kier molecular flexibility index (Phi) is 4.26. The molecule has 2 rings (SSSR count). The van der Waals surface area contributed by atoms with Crippen molar-refractivity contribution in [3.8, 4) is 0 Å². The zero-order valence-corrected chi connectivity index (χ0v) is 11.2. The Morgan fingerprint density at radius 2 is 1.88 bits per heavy atom. The predicted molar refractivity (Wildman–Crippen MR) is 69.6 cm³/mol. The van der Waals surface area contributed by atoms with E-state index >= 15 is 0 Å². The molecule has 2 atom stereocenters. The van der Waals surface area contributed by atoms with Gasteiger partial charge in [-0.05, 0) is 58.5 Å². The van der Waals surface area contributed by atoms with Crippen molar-refractivity contribution in [1.29, 1.82) is 0 Å². The molecule has 1 saturated carbocycles. The molecule has 0 radical (unpaired) electrons. The van der Waals surface area contributed by atoms with E-state index in [1.54, 1.807) is 0 Å². The summed E-state index contributed by atoms with van der Waals surface area (Å²) in [4.78, 5) is 2.61. The van der Waals surface area contributed by atoms with Crippen LogP contribution in [0.3, 0.4) is 0 Å². The molecule has 0 spiro atoms. The smallest absolute Gasteiger partial charge is 0.00414 e. The first kappa shape index (κ1) is 12.4. The van der Waals surface area contributed by atoms with Gasteiger partial charge in [0.15, 0.2) is 0 Å². The average molecular weight is 224 g/mol. The van der Waals surface area contributed by atoms with E-state index in [1.807, 2.05) is 0 Å². The summed E-state index contributed by atoms with van der Waals surface area (Å²) in [6.07, 6.45) is 5.76. The molecule has 0 bridgehead atoms. The minimum atomic E-state index is 0.730. The quantitative estimate of drug-likeness (QED) is 0.746. The van der Waals surface area contributed by atoms with Crippen LogP contribution < -0.4 is 5.32 Å². The van der Waals surface area contributed by atoms with Gasteiger partial charge >= 0.3 is 0 Å². The highest BCUT2D eigenvalue weighted by Crippen LogP contribution is 2.33. The molecule has 94 valence electrons. The Hall–Kier alpha value is -0.0800.